The minimum Gasteiger partial charge on any atom is -0.483 e. The number of nitrogens with one attached hydrogen (secondary N) is 1. The van der Waals surface area contributed by atoms with Crippen molar-refractivity contribution in [3.8, 4) is 5.75 Å². The molecule has 0 saturated heterocycles. The Balaban J connectivity index is 2.09. The molecular formula is C11H10F2N4O3S. The second-order valence-electron chi connectivity index (χ2n) is 3.81. The molecule has 0 aliphatic carbocycles. The Labute approximate surface area is 121 Å². The van der Waals surface area contributed by atoms with E-state index in [1.165, 1.54) is 11.3 Å². The third-order valence-electron chi connectivity index (χ3n) is 2.34. The maximum absolute atomic E-state index is 13.6. The molecule has 0 atom stereocenters. The van der Waals surface area contributed by atoms with Gasteiger partial charge in [-0.3, -0.25) is 10.1 Å². The average Bonchev–Trinajstić information content (AvgIpc) is 2.87. The number of rotatable bonds is 6. The molecule has 0 aliphatic heterocycles. The van der Waals surface area contributed by atoms with Crippen LogP contribution in [0.4, 0.5) is 19.6 Å². The van der Waals surface area contributed by atoms with Crippen molar-refractivity contribution in [2.75, 3.05) is 11.9 Å². The van der Waals surface area contributed by atoms with Crippen molar-refractivity contribution < 1.29 is 18.4 Å². The van der Waals surface area contributed by atoms with Gasteiger partial charge < -0.3 is 10.1 Å². The predicted octanol–water partition coefficient (Wildman–Crippen LogP) is 2.74. The number of nitro benzene ring substituents is 1. The van der Waals surface area contributed by atoms with E-state index in [4.69, 9.17) is 4.74 Å². The number of halogens is 2. The van der Waals surface area contributed by atoms with E-state index < -0.39 is 28.0 Å². The summed E-state index contributed by atoms with van der Waals surface area (Å²) in [6.45, 7) is 2.46. The van der Waals surface area contributed by atoms with E-state index >= 15 is 0 Å². The Hall–Kier alpha value is -2.36. The number of benzene rings is 1. The van der Waals surface area contributed by atoms with Crippen LogP contribution in [0, 0.1) is 21.7 Å². The third-order valence-corrected chi connectivity index (χ3v) is 3.20. The number of nitrogens with zero attached hydrogens (tertiary/aromatic N) is 3. The lowest BCUT2D eigenvalue weighted by molar-refractivity contribution is -0.387. The summed E-state index contributed by atoms with van der Waals surface area (Å²) in [7, 11) is 0. The molecule has 2 aromatic rings. The monoisotopic (exact) mass is 316 g/mol. The highest BCUT2D eigenvalue weighted by atomic mass is 32.1. The normalized spacial score (nSPS) is 10.4. The van der Waals surface area contributed by atoms with E-state index in [-0.39, 0.29) is 6.61 Å². The van der Waals surface area contributed by atoms with Gasteiger partial charge >= 0.3 is 5.69 Å². The van der Waals surface area contributed by atoms with Crippen molar-refractivity contribution in [1.29, 1.82) is 0 Å². The summed E-state index contributed by atoms with van der Waals surface area (Å²) < 4.78 is 32.0. The summed E-state index contributed by atoms with van der Waals surface area (Å²) >= 11 is 1.21. The highest BCUT2D eigenvalue weighted by molar-refractivity contribution is 7.15. The molecule has 1 aromatic carbocycles. The zero-order valence-electron chi connectivity index (χ0n) is 10.8. The summed E-state index contributed by atoms with van der Waals surface area (Å²) in [6, 6.07) is 1.12. The number of anilines is 1. The largest absolute Gasteiger partial charge is 0.483 e. The average molecular weight is 316 g/mol. The van der Waals surface area contributed by atoms with Crippen LogP contribution in [0.5, 0.6) is 5.75 Å². The molecule has 112 valence electrons. The lowest BCUT2D eigenvalue weighted by Gasteiger charge is -2.05. The molecule has 0 radical (unpaired) electrons. The van der Waals surface area contributed by atoms with E-state index in [9.17, 15) is 18.9 Å². The fourth-order valence-electron chi connectivity index (χ4n) is 1.44. The van der Waals surface area contributed by atoms with Gasteiger partial charge in [0.2, 0.25) is 10.9 Å². The molecule has 2 rings (SSSR count). The minimum atomic E-state index is -1.16. The van der Waals surface area contributed by atoms with Gasteiger partial charge in [-0.15, -0.1) is 10.2 Å². The quantitative estimate of drug-likeness (QED) is 0.651. The molecule has 1 heterocycles. The Bertz CT molecular complexity index is 665. The van der Waals surface area contributed by atoms with Crippen LogP contribution in [0.25, 0.3) is 0 Å². The molecule has 1 aromatic heterocycles. The zero-order chi connectivity index (χ0) is 15.4. The van der Waals surface area contributed by atoms with Gasteiger partial charge in [-0.05, 0) is 6.92 Å². The van der Waals surface area contributed by atoms with E-state index in [1.807, 2.05) is 6.92 Å². The molecule has 1 N–H and O–H groups in total. The molecule has 0 bridgehead atoms. The first-order valence-electron chi connectivity index (χ1n) is 5.83. The van der Waals surface area contributed by atoms with Crippen molar-refractivity contribution in [1.82, 2.24) is 10.2 Å². The smallest absolute Gasteiger partial charge is 0.307 e. The molecule has 0 saturated carbocycles. The SMILES string of the molecule is CCNc1nnc(COc2cc(F)c([N+](=O)[O-])cc2F)s1. The second-order valence-corrected chi connectivity index (χ2v) is 4.87. The zero-order valence-corrected chi connectivity index (χ0v) is 11.6. The molecule has 7 nitrogen and oxygen atoms in total. The summed E-state index contributed by atoms with van der Waals surface area (Å²) in [5, 5.41) is 22.1. The summed E-state index contributed by atoms with van der Waals surface area (Å²) in [4.78, 5) is 9.46. The molecule has 0 aliphatic rings. The Kier molecular flexibility index (Phi) is 4.58. The van der Waals surface area contributed by atoms with Gasteiger partial charge in [0.1, 0.15) is 6.61 Å². The van der Waals surface area contributed by atoms with Gasteiger partial charge in [-0.2, -0.15) is 4.39 Å². The van der Waals surface area contributed by atoms with Gasteiger partial charge in [-0.1, -0.05) is 11.3 Å². The van der Waals surface area contributed by atoms with E-state index in [0.717, 1.165) is 0 Å². The van der Waals surface area contributed by atoms with E-state index in [1.54, 1.807) is 0 Å². The first-order valence-corrected chi connectivity index (χ1v) is 6.65. The highest BCUT2D eigenvalue weighted by Crippen LogP contribution is 2.27. The Morgan fingerprint density at radius 1 is 1.38 bits per heavy atom. The standard InChI is InChI=1S/C11H10F2N4O3S/c1-2-14-11-16-15-10(21-11)5-20-9-4-6(12)8(17(18)19)3-7(9)13/h3-4H,2,5H2,1H3,(H,14,16). The summed E-state index contributed by atoms with van der Waals surface area (Å²) in [5.41, 5.74) is -0.940. The van der Waals surface area contributed by atoms with Gasteiger partial charge in [0.05, 0.1) is 11.0 Å². The predicted molar refractivity (Wildman–Crippen MR) is 71.4 cm³/mol. The van der Waals surface area contributed by atoms with Crippen molar-refractivity contribution in [2.45, 2.75) is 13.5 Å². The van der Waals surface area contributed by atoms with Crippen molar-refractivity contribution >= 4 is 22.2 Å². The van der Waals surface area contributed by atoms with Gasteiger partial charge in [0.25, 0.3) is 0 Å². The molecule has 0 fully saturated rings. The lowest BCUT2D eigenvalue weighted by atomic mass is 10.3. The molecular weight excluding hydrogens is 306 g/mol. The maximum atomic E-state index is 13.6. The molecule has 21 heavy (non-hydrogen) atoms. The van der Waals surface area contributed by atoms with E-state index in [0.29, 0.717) is 28.8 Å². The molecule has 10 heteroatoms. The van der Waals surface area contributed by atoms with Crippen molar-refractivity contribution in [3.05, 3.63) is 38.9 Å². The van der Waals surface area contributed by atoms with Crippen LogP contribution in [-0.4, -0.2) is 21.7 Å². The second kappa shape index (κ2) is 6.39. The van der Waals surface area contributed by atoms with Crippen molar-refractivity contribution in [3.63, 3.8) is 0 Å². The molecule has 0 unspecified atom stereocenters. The lowest BCUT2D eigenvalue weighted by Crippen LogP contribution is -2.00. The Morgan fingerprint density at radius 3 is 2.81 bits per heavy atom. The summed E-state index contributed by atoms with van der Waals surface area (Å²) in [5.74, 6) is -2.60. The Morgan fingerprint density at radius 2 is 2.14 bits per heavy atom. The fraction of sp³-hybridized carbons (Fsp3) is 0.273. The van der Waals surface area contributed by atoms with Crippen LogP contribution >= 0.6 is 11.3 Å². The van der Waals surface area contributed by atoms with Gasteiger partial charge in [0, 0.05) is 12.6 Å². The number of ether oxygens (including phenoxy) is 1. The third kappa shape index (κ3) is 3.60. The number of hydrogen-bond donors (Lipinski definition) is 1. The minimum absolute atomic E-state index is 0.114. The summed E-state index contributed by atoms with van der Waals surface area (Å²) in [6.07, 6.45) is 0. The van der Waals surface area contributed by atoms with Crippen LogP contribution < -0.4 is 10.1 Å². The number of aromatic nitrogens is 2. The number of nitro groups is 1. The van der Waals surface area contributed by atoms with Gasteiger partial charge in [0.15, 0.2) is 16.6 Å². The van der Waals surface area contributed by atoms with Crippen LogP contribution in [0.3, 0.4) is 0 Å². The first kappa shape index (κ1) is 15.0. The highest BCUT2D eigenvalue weighted by Gasteiger charge is 2.19. The first-order chi connectivity index (χ1) is 10.0. The molecule has 0 amide bonds. The van der Waals surface area contributed by atoms with Crippen LogP contribution in [0.2, 0.25) is 0 Å². The van der Waals surface area contributed by atoms with Crippen LogP contribution in [0.1, 0.15) is 11.9 Å². The maximum Gasteiger partial charge on any atom is 0.307 e. The van der Waals surface area contributed by atoms with Crippen LogP contribution in [-0.2, 0) is 6.61 Å². The van der Waals surface area contributed by atoms with Crippen molar-refractivity contribution in [2.24, 2.45) is 0 Å². The van der Waals surface area contributed by atoms with Gasteiger partial charge in [-0.25, -0.2) is 4.39 Å². The fourth-order valence-corrected chi connectivity index (χ4v) is 2.16. The topological polar surface area (TPSA) is 90.2 Å². The van der Waals surface area contributed by atoms with Crippen LogP contribution in [0.15, 0.2) is 12.1 Å². The van der Waals surface area contributed by atoms with E-state index in [2.05, 4.69) is 15.5 Å². The molecule has 0 spiro atoms. The number of hydrogen-bond acceptors (Lipinski definition) is 7.